The van der Waals surface area contributed by atoms with Crippen molar-refractivity contribution >= 4 is 11.8 Å². The molecule has 3 aromatic rings. The molecule has 2 aliphatic rings. The van der Waals surface area contributed by atoms with Gasteiger partial charge in [-0.05, 0) is 31.4 Å². The summed E-state index contributed by atoms with van der Waals surface area (Å²) in [6.45, 7) is 1.52. The highest BCUT2D eigenvalue weighted by atomic mass is 19.1. The van der Waals surface area contributed by atoms with Crippen molar-refractivity contribution in [2.45, 2.75) is 50.6 Å². The van der Waals surface area contributed by atoms with E-state index in [-0.39, 0.29) is 54.9 Å². The molecule has 0 radical (unpaired) electrons. The van der Waals surface area contributed by atoms with Crippen LogP contribution in [-0.2, 0) is 13.2 Å². The molecule has 40 heavy (non-hydrogen) atoms. The van der Waals surface area contributed by atoms with Gasteiger partial charge in [0, 0.05) is 43.5 Å². The number of benzene rings is 2. The molecule has 1 aromatic heterocycles. The van der Waals surface area contributed by atoms with E-state index < -0.39 is 40.5 Å². The highest BCUT2D eigenvalue weighted by molar-refractivity contribution is 5.99. The van der Waals surface area contributed by atoms with Gasteiger partial charge in [-0.25, -0.2) is 8.78 Å². The van der Waals surface area contributed by atoms with Crippen molar-refractivity contribution in [1.82, 2.24) is 14.8 Å². The summed E-state index contributed by atoms with van der Waals surface area (Å²) in [5.74, 6) is -3.23. The number of nitrogens with zero attached hydrogens (tertiary/aromatic N) is 2. The van der Waals surface area contributed by atoms with E-state index in [2.05, 4.69) is 5.32 Å². The highest BCUT2D eigenvalue weighted by Gasteiger charge is 2.48. The predicted octanol–water partition coefficient (Wildman–Crippen LogP) is 2.50. The van der Waals surface area contributed by atoms with Gasteiger partial charge in [-0.2, -0.15) is 0 Å². The van der Waals surface area contributed by atoms with E-state index in [1.807, 2.05) is 13.0 Å². The zero-order valence-corrected chi connectivity index (χ0v) is 21.9. The zero-order valence-electron chi connectivity index (χ0n) is 21.9. The maximum atomic E-state index is 14.2. The lowest BCUT2D eigenvalue weighted by molar-refractivity contribution is -0.0167. The minimum absolute atomic E-state index is 0.0226. The number of amides is 2. The first-order valence-electron chi connectivity index (χ1n) is 13.0. The SMILES string of the molecule is CC1CCC(O)(CN)C2CN1C(=O)c1c(OCc3ccccc3)c(=O)c(C(=O)NCc3ccc(F)cc3F)cn12. The fourth-order valence-electron chi connectivity index (χ4n) is 5.35. The fraction of sp³-hybridized carbons (Fsp3) is 0.345. The maximum absolute atomic E-state index is 14.2. The molecule has 11 heteroatoms. The molecule has 210 valence electrons. The van der Waals surface area contributed by atoms with Crippen LogP contribution in [0.1, 0.15) is 57.8 Å². The second-order valence-electron chi connectivity index (χ2n) is 10.3. The van der Waals surface area contributed by atoms with E-state index in [1.54, 1.807) is 29.2 Å². The molecular formula is C29H30F2N4O5. The molecule has 2 aromatic carbocycles. The van der Waals surface area contributed by atoms with Crippen LogP contribution in [0.3, 0.4) is 0 Å². The van der Waals surface area contributed by atoms with Crippen molar-refractivity contribution in [3.05, 3.63) is 99.0 Å². The summed E-state index contributed by atoms with van der Waals surface area (Å²) in [5.41, 5.74) is 4.10. The third-order valence-corrected chi connectivity index (χ3v) is 7.79. The molecule has 9 nitrogen and oxygen atoms in total. The number of fused-ring (bicyclic) bond motifs is 4. The second-order valence-corrected chi connectivity index (χ2v) is 10.3. The van der Waals surface area contributed by atoms with Crippen LogP contribution in [-0.4, -0.2) is 51.1 Å². The third kappa shape index (κ3) is 4.98. The van der Waals surface area contributed by atoms with E-state index in [1.165, 1.54) is 16.8 Å². The number of carbonyl (C=O) groups is 2. The normalized spacial score (nSPS) is 21.9. The molecule has 3 unspecified atom stereocenters. The van der Waals surface area contributed by atoms with E-state index in [0.29, 0.717) is 18.9 Å². The lowest BCUT2D eigenvalue weighted by Crippen LogP contribution is -2.54. The van der Waals surface area contributed by atoms with Crippen LogP contribution < -0.4 is 21.2 Å². The standard InChI is InChI=1S/C29H30F2N4O5/c1-17-9-10-29(39,16-32)23-14-34(17)28(38)24-26(40-15-18-5-3-2-4-6-18)25(36)21(13-35(23)24)27(37)33-12-19-7-8-20(30)11-22(19)31/h2-8,11,13,17,23,39H,9-10,12,14-16,32H2,1H3,(H,33,37). The molecule has 4 N–H and O–H groups in total. The molecule has 3 heterocycles. The number of nitrogens with one attached hydrogen (secondary N) is 1. The first-order valence-corrected chi connectivity index (χ1v) is 13.0. The summed E-state index contributed by atoms with van der Waals surface area (Å²) >= 11 is 0. The second kappa shape index (κ2) is 10.8. The number of halogens is 2. The number of aliphatic hydroxyl groups is 1. The average molecular weight is 553 g/mol. The molecular weight excluding hydrogens is 522 g/mol. The molecule has 2 bridgehead atoms. The summed E-state index contributed by atoms with van der Waals surface area (Å²) in [4.78, 5) is 42.3. The smallest absolute Gasteiger partial charge is 0.274 e. The lowest BCUT2D eigenvalue weighted by atomic mass is 9.88. The number of rotatable bonds is 7. The predicted molar refractivity (Wildman–Crippen MR) is 142 cm³/mol. The van der Waals surface area contributed by atoms with Gasteiger partial charge in [0.25, 0.3) is 11.8 Å². The average Bonchev–Trinajstić information content (AvgIpc) is 3.06. The van der Waals surface area contributed by atoms with Crippen molar-refractivity contribution in [3.63, 3.8) is 0 Å². The van der Waals surface area contributed by atoms with Crippen LogP contribution in [0.15, 0.2) is 59.5 Å². The molecule has 5 rings (SSSR count). The molecule has 0 aliphatic carbocycles. The number of nitrogens with two attached hydrogens (primary N) is 1. The highest BCUT2D eigenvalue weighted by Crippen LogP contribution is 2.39. The van der Waals surface area contributed by atoms with Crippen LogP contribution in [0.4, 0.5) is 8.78 Å². The molecule has 0 saturated carbocycles. The zero-order chi connectivity index (χ0) is 28.6. The number of aromatic nitrogens is 1. The number of pyridine rings is 1. The van der Waals surface area contributed by atoms with Gasteiger partial charge in [-0.1, -0.05) is 36.4 Å². The fourth-order valence-corrected chi connectivity index (χ4v) is 5.35. The van der Waals surface area contributed by atoms with Crippen molar-refractivity contribution in [1.29, 1.82) is 0 Å². The van der Waals surface area contributed by atoms with Crippen LogP contribution in [0.5, 0.6) is 5.75 Å². The van der Waals surface area contributed by atoms with Gasteiger partial charge >= 0.3 is 0 Å². The minimum atomic E-state index is -1.42. The van der Waals surface area contributed by atoms with E-state index in [0.717, 1.165) is 11.6 Å². The number of carbonyl (C=O) groups excluding carboxylic acids is 2. The van der Waals surface area contributed by atoms with Gasteiger partial charge in [0.15, 0.2) is 11.4 Å². The monoisotopic (exact) mass is 552 g/mol. The summed E-state index contributed by atoms with van der Waals surface area (Å²) in [7, 11) is 0. The Hall–Kier alpha value is -4.09. The molecule has 3 atom stereocenters. The summed E-state index contributed by atoms with van der Waals surface area (Å²) in [5, 5.41) is 14.0. The van der Waals surface area contributed by atoms with Crippen LogP contribution >= 0.6 is 0 Å². The van der Waals surface area contributed by atoms with Crippen molar-refractivity contribution in [2.75, 3.05) is 13.1 Å². The van der Waals surface area contributed by atoms with Gasteiger partial charge in [0.05, 0.1) is 11.6 Å². The first kappa shape index (κ1) is 27.5. The summed E-state index contributed by atoms with van der Waals surface area (Å²) in [6, 6.07) is 11.0. The van der Waals surface area contributed by atoms with Gasteiger partial charge in [0.1, 0.15) is 23.8 Å². The first-order chi connectivity index (χ1) is 19.1. The molecule has 2 amide bonds. The quantitative estimate of drug-likeness (QED) is 0.414. The molecule has 1 fully saturated rings. The maximum Gasteiger partial charge on any atom is 0.274 e. The van der Waals surface area contributed by atoms with Gasteiger partial charge in [-0.15, -0.1) is 0 Å². The Bertz CT molecular complexity index is 1510. The van der Waals surface area contributed by atoms with Crippen molar-refractivity contribution in [2.24, 2.45) is 5.73 Å². The van der Waals surface area contributed by atoms with Crippen molar-refractivity contribution in [3.8, 4) is 5.75 Å². The lowest BCUT2D eigenvalue weighted by Gasteiger charge is -2.42. The minimum Gasteiger partial charge on any atom is -0.483 e. The topological polar surface area (TPSA) is 127 Å². The number of hydrogen-bond donors (Lipinski definition) is 3. The van der Waals surface area contributed by atoms with Crippen LogP contribution in [0, 0.1) is 11.6 Å². The number of hydrogen-bond acceptors (Lipinski definition) is 6. The third-order valence-electron chi connectivity index (χ3n) is 7.79. The van der Waals surface area contributed by atoms with Crippen LogP contribution in [0.2, 0.25) is 0 Å². The van der Waals surface area contributed by atoms with Gasteiger partial charge in [-0.3, -0.25) is 14.4 Å². The number of ether oxygens (including phenoxy) is 1. The summed E-state index contributed by atoms with van der Waals surface area (Å²) < 4.78 is 34.8. The van der Waals surface area contributed by atoms with E-state index >= 15 is 0 Å². The molecule has 0 spiro atoms. The van der Waals surface area contributed by atoms with Crippen molar-refractivity contribution < 1.29 is 28.2 Å². The Morgan fingerprint density at radius 1 is 1.20 bits per heavy atom. The van der Waals surface area contributed by atoms with Gasteiger partial charge < -0.3 is 30.4 Å². The van der Waals surface area contributed by atoms with Gasteiger partial charge in [0.2, 0.25) is 5.43 Å². The van der Waals surface area contributed by atoms with Crippen LogP contribution in [0.25, 0.3) is 0 Å². The molecule has 1 saturated heterocycles. The Morgan fingerprint density at radius 2 is 1.95 bits per heavy atom. The molecule has 2 aliphatic heterocycles. The van der Waals surface area contributed by atoms with E-state index in [4.69, 9.17) is 10.5 Å². The Kier molecular flexibility index (Phi) is 7.43. The Balaban J connectivity index is 1.60. The Labute approximate surface area is 229 Å². The van der Waals surface area contributed by atoms with E-state index in [9.17, 15) is 28.3 Å². The largest absolute Gasteiger partial charge is 0.483 e. The Morgan fingerprint density at radius 3 is 2.65 bits per heavy atom. The summed E-state index contributed by atoms with van der Waals surface area (Å²) in [6.07, 6.45) is 2.03.